The highest BCUT2D eigenvalue weighted by molar-refractivity contribution is 7.79. The van der Waals surface area contributed by atoms with Crippen molar-refractivity contribution in [1.29, 1.82) is 0 Å². The van der Waals surface area contributed by atoms with Gasteiger partial charge in [0.15, 0.2) is 11.4 Å². The monoisotopic (exact) mass is 600 g/mol. The van der Waals surface area contributed by atoms with E-state index in [1.54, 1.807) is 19.0 Å². The number of benzene rings is 1. The number of nitro benzene ring substituents is 1. The third kappa shape index (κ3) is 5.10. The molecule has 3 aliphatic rings. The minimum atomic E-state index is -4.67. The first-order valence-electron chi connectivity index (χ1n) is 11.7. The number of amides is 1. The van der Waals surface area contributed by atoms with Crippen molar-refractivity contribution in [2.75, 3.05) is 33.1 Å². The number of hydrogen-bond acceptors (Lipinski definition) is 13. The molecule has 4 rings (SSSR count). The molecule has 17 nitrogen and oxygen atoms in total. The van der Waals surface area contributed by atoms with Gasteiger partial charge in [-0.15, -0.1) is 0 Å². The summed E-state index contributed by atoms with van der Waals surface area (Å²) in [5, 5.41) is 55.8. The molecule has 1 fully saturated rings. The number of Topliss-reactive ketones (excluding diaryl/α,β-unsaturated/α-hetero) is 2. The van der Waals surface area contributed by atoms with Crippen molar-refractivity contribution < 1.29 is 57.3 Å². The number of carbonyl (C=O) groups is 3. The lowest BCUT2D eigenvalue weighted by molar-refractivity contribution is -0.385. The van der Waals surface area contributed by atoms with E-state index in [0.29, 0.717) is 11.3 Å². The van der Waals surface area contributed by atoms with E-state index in [4.69, 9.17) is 23.3 Å². The molecule has 0 aliphatic heterocycles. The summed E-state index contributed by atoms with van der Waals surface area (Å²) < 4.78 is 31.6. The number of primary amides is 1. The van der Waals surface area contributed by atoms with E-state index in [2.05, 4.69) is 0 Å². The van der Waals surface area contributed by atoms with Crippen LogP contribution in [0, 0.1) is 22.0 Å². The van der Waals surface area contributed by atoms with Crippen LogP contribution >= 0.6 is 0 Å². The van der Waals surface area contributed by atoms with Crippen LogP contribution in [0.2, 0.25) is 0 Å². The first-order valence-corrected chi connectivity index (χ1v) is 13.1. The van der Waals surface area contributed by atoms with Gasteiger partial charge in [-0.3, -0.25) is 38.5 Å². The van der Waals surface area contributed by atoms with Gasteiger partial charge in [0.25, 0.3) is 5.91 Å². The standard InChI is InChI=1S/C23H26N4O9.H2O4S/c1-25(2)11-7-12(27(35)36)17(28)14-9(11)5-8-6-10-16(26(3)4)19(30)15(22(24)33)21(32)23(10,34)20(31)13(8)18(14)29;1-5(2,3)4/h7-8,10,16,28-29,32,34H,5-6H2,1-4H3,(H2,24,33);(H2,1,2,3,4)/t8-,10-,16-,23-;/m0./s1. The van der Waals surface area contributed by atoms with Gasteiger partial charge in [0.2, 0.25) is 11.5 Å². The Morgan fingerprint density at radius 3 is 2.12 bits per heavy atom. The molecule has 0 radical (unpaired) electrons. The van der Waals surface area contributed by atoms with E-state index < -0.39 is 84.8 Å². The van der Waals surface area contributed by atoms with Crippen LogP contribution in [0.1, 0.15) is 17.5 Å². The summed E-state index contributed by atoms with van der Waals surface area (Å²) in [5.41, 5.74) is 0.875. The average Bonchev–Trinajstić information content (AvgIpc) is 2.79. The topological polar surface area (TPSA) is 282 Å². The number of nitrogens with two attached hydrogens (primary N) is 1. The van der Waals surface area contributed by atoms with Crippen molar-refractivity contribution in [3.8, 4) is 5.75 Å². The molecule has 1 aromatic rings. The molecule has 8 N–H and O–H groups in total. The number of nitro groups is 1. The zero-order valence-corrected chi connectivity index (χ0v) is 22.9. The van der Waals surface area contributed by atoms with E-state index in [9.17, 15) is 44.9 Å². The Hall–Kier alpha value is -4.10. The number of rotatable bonds is 4. The average molecular weight is 601 g/mol. The van der Waals surface area contributed by atoms with Crippen LogP contribution in [0.25, 0.3) is 5.76 Å². The second kappa shape index (κ2) is 10.4. The lowest BCUT2D eigenvalue weighted by atomic mass is 9.57. The van der Waals surface area contributed by atoms with Crippen molar-refractivity contribution in [2.45, 2.75) is 24.5 Å². The summed E-state index contributed by atoms with van der Waals surface area (Å²) in [6.45, 7) is 0. The molecule has 41 heavy (non-hydrogen) atoms. The van der Waals surface area contributed by atoms with Crippen LogP contribution in [-0.2, 0) is 31.2 Å². The third-order valence-electron chi connectivity index (χ3n) is 7.36. The number of phenolic OH excluding ortho intramolecular Hbond substituents is 1. The van der Waals surface area contributed by atoms with Gasteiger partial charge < -0.3 is 31.1 Å². The number of ketones is 2. The normalized spacial score (nSPS) is 25.6. The quantitative estimate of drug-likeness (QED) is 0.0972. The molecular weight excluding hydrogens is 572 g/mol. The number of likely N-dealkylation sites (N-methyl/N-ethyl adjacent to an activating group) is 1. The zero-order valence-electron chi connectivity index (χ0n) is 22.1. The number of nitrogens with zero attached hydrogens (tertiary/aromatic N) is 3. The molecular formula is C23H28N4O13S. The maximum Gasteiger partial charge on any atom is 0.394 e. The van der Waals surface area contributed by atoms with Crippen molar-refractivity contribution in [1.82, 2.24) is 4.90 Å². The maximum atomic E-state index is 13.8. The lowest BCUT2D eigenvalue weighted by Crippen LogP contribution is -2.65. The van der Waals surface area contributed by atoms with Gasteiger partial charge in [0.1, 0.15) is 17.1 Å². The molecule has 1 amide bonds. The van der Waals surface area contributed by atoms with Crippen LogP contribution < -0.4 is 10.6 Å². The Bertz CT molecular complexity index is 1540. The highest BCUT2D eigenvalue weighted by Gasteiger charge is 2.64. The van der Waals surface area contributed by atoms with Gasteiger partial charge in [-0.05, 0) is 38.4 Å². The number of carbonyl (C=O) groups excluding carboxylic acids is 3. The SMILES string of the molecule is CN(C)c1cc([N+](=O)[O-])c(O)c2c1C[C@H]1C[C@H]3[C@H](N(C)C)C(=O)C(C(N)=O)=C(O)[C@@]3(O)C(=O)C1=C2O.O=S(=O)(O)O. The second-order valence-corrected chi connectivity index (χ2v) is 11.1. The van der Waals surface area contributed by atoms with Crippen molar-refractivity contribution >= 4 is 45.0 Å². The summed E-state index contributed by atoms with van der Waals surface area (Å²) in [6.07, 6.45) is -0.0377. The minimum absolute atomic E-state index is 0.0353. The fourth-order valence-electron chi connectivity index (χ4n) is 5.82. The van der Waals surface area contributed by atoms with Crippen molar-refractivity contribution in [3.05, 3.63) is 44.2 Å². The highest BCUT2D eigenvalue weighted by Crippen LogP contribution is 2.54. The first kappa shape index (κ1) is 31.4. The van der Waals surface area contributed by atoms with Gasteiger partial charge in [0, 0.05) is 37.3 Å². The molecule has 224 valence electrons. The number of anilines is 1. The zero-order chi connectivity index (χ0) is 31.5. The van der Waals surface area contributed by atoms with Crippen LogP contribution in [0.4, 0.5) is 11.4 Å². The Balaban J connectivity index is 0.000000850. The van der Waals surface area contributed by atoms with E-state index >= 15 is 0 Å². The fourth-order valence-corrected chi connectivity index (χ4v) is 5.82. The number of phenols is 1. The van der Waals surface area contributed by atoms with Gasteiger partial charge in [0.05, 0.1) is 16.5 Å². The molecule has 0 bridgehead atoms. The molecule has 4 atom stereocenters. The van der Waals surface area contributed by atoms with Crippen LogP contribution in [0.5, 0.6) is 5.75 Å². The van der Waals surface area contributed by atoms with Gasteiger partial charge in [-0.1, -0.05) is 0 Å². The summed E-state index contributed by atoms with van der Waals surface area (Å²) >= 11 is 0. The molecule has 0 heterocycles. The number of aliphatic hydroxyl groups excluding tert-OH is 2. The molecule has 1 aromatic carbocycles. The molecule has 18 heteroatoms. The number of aromatic hydroxyl groups is 1. The largest absolute Gasteiger partial charge is 0.508 e. The summed E-state index contributed by atoms with van der Waals surface area (Å²) in [6, 6.07) is -0.0329. The molecule has 3 aliphatic carbocycles. The third-order valence-corrected chi connectivity index (χ3v) is 7.36. The molecule has 0 spiro atoms. The Kier molecular flexibility index (Phi) is 7.96. The van der Waals surface area contributed by atoms with Gasteiger partial charge in [-0.2, -0.15) is 8.42 Å². The van der Waals surface area contributed by atoms with Crippen molar-refractivity contribution in [3.63, 3.8) is 0 Å². The summed E-state index contributed by atoms with van der Waals surface area (Å²) in [4.78, 5) is 52.5. The Morgan fingerprint density at radius 2 is 1.68 bits per heavy atom. The lowest BCUT2D eigenvalue weighted by Gasteiger charge is -2.50. The van der Waals surface area contributed by atoms with Gasteiger partial charge >= 0.3 is 16.1 Å². The molecule has 0 aromatic heterocycles. The minimum Gasteiger partial charge on any atom is -0.508 e. The fraction of sp³-hybridized carbons (Fsp3) is 0.435. The van der Waals surface area contributed by atoms with E-state index in [1.165, 1.54) is 19.0 Å². The van der Waals surface area contributed by atoms with Crippen molar-refractivity contribution in [2.24, 2.45) is 17.6 Å². The van der Waals surface area contributed by atoms with Gasteiger partial charge in [-0.25, -0.2) is 0 Å². The first-order chi connectivity index (χ1) is 18.7. The predicted octanol–water partition coefficient (Wildman–Crippen LogP) is -0.715. The van der Waals surface area contributed by atoms with Crippen LogP contribution in [0.3, 0.4) is 0 Å². The summed E-state index contributed by atoms with van der Waals surface area (Å²) in [7, 11) is 1.59. The number of aliphatic hydroxyl groups is 3. The summed E-state index contributed by atoms with van der Waals surface area (Å²) in [5.74, 6) is -8.16. The predicted molar refractivity (Wildman–Crippen MR) is 139 cm³/mol. The molecule has 0 saturated heterocycles. The van der Waals surface area contributed by atoms with E-state index in [0.717, 1.165) is 6.07 Å². The molecule has 1 saturated carbocycles. The Morgan fingerprint density at radius 1 is 1.15 bits per heavy atom. The van der Waals surface area contributed by atoms with Crippen LogP contribution in [-0.4, -0.2) is 105 Å². The smallest absolute Gasteiger partial charge is 0.394 e. The number of fused-ring (bicyclic) bond motifs is 3. The van der Waals surface area contributed by atoms with Crippen LogP contribution in [0.15, 0.2) is 23.0 Å². The van der Waals surface area contributed by atoms with E-state index in [1.807, 2.05) is 0 Å². The second-order valence-electron chi connectivity index (χ2n) is 10.2. The molecule has 0 unspecified atom stereocenters. The maximum absolute atomic E-state index is 13.8. The Labute approximate surface area is 232 Å². The number of hydrogen-bond donors (Lipinski definition) is 7. The highest BCUT2D eigenvalue weighted by atomic mass is 32.3. The van der Waals surface area contributed by atoms with E-state index in [-0.39, 0.29) is 24.0 Å².